The largest absolute Gasteiger partial charge is 0.494 e. The Bertz CT molecular complexity index is 475. The number of nitrogens with zero attached hydrogens (tertiary/aromatic N) is 2. The molecule has 0 spiro atoms. The minimum atomic E-state index is 0.133. The molecule has 0 radical (unpaired) electrons. The molecule has 0 aromatic heterocycles. The van der Waals surface area contributed by atoms with Crippen molar-refractivity contribution in [2.45, 2.75) is 31.8 Å². The molecule has 1 aliphatic rings. The van der Waals surface area contributed by atoms with Gasteiger partial charge in [-0.15, -0.1) is 0 Å². The summed E-state index contributed by atoms with van der Waals surface area (Å²) in [4.78, 5) is 4.79. The van der Waals surface area contributed by atoms with Gasteiger partial charge in [0.2, 0.25) is 0 Å². The van der Waals surface area contributed by atoms with Crippen molar-refractivity contribution in [2.75, 3.05) is 40.3 Å². The molecule has 2 rings (SSSR count). The molecule has 1 atom stereocenters. The topological polar surface area (TPSA) is 41.7 Å². The summed E-state index contributed by atoms with van der Waals surface area (Å²) in [5.74, 6) is 0.891. The molecule has 0 bridgehead atoms. The molecule has 0 aliphatic carbocycles. The molecule has 0 saturated carbocycles. The van der Waals surface area contributed by atoms with Crippen LogP contribution < -0.4 is 10.5 Å². The summed E-state index contributed by atoms with van der Waals surface area (Å²) in [7, 11) is 4.35. The van der Waals surface area contributed by atoms with Gasteiger partial charge in [0, 0.05) is 23.2 Å². The molecular formula is C17H28ClN3O. The second-order valence-electron chi connectivity index (χ2n) is 6.07. The first-order valence-electron chi connectivity index (χ1n) is 8.09. The third kappa shape index (κ3) is 4.13. The predicted molar refractivity (Wildman–Crippen MR) is 92.7 cm³/mol. The molecular weight excluding hydrogens is 298 g/mol. The molecule has 1 heterocycles. The lowest BCUT2D eigenvalue weighted by atomic mass is 9.98. The van der Waals surface area contributed by atoms with Crippen molar-refractivity contribution in [3.8, 4) is 5.75 Å². The van der Waals surface area contributed by atoms with E-state index in [2.05, 4.69) is 23.9 Å². The number of hydrogen-bond acceptors (Lipinski definition) is 4. The van der Waals surface area contributed by atoms with E-state index >= 15 is 0 Å². The lowest BCUT2D eigenvalue weighted by Crippen LogP contribution is -2.45. The zero-order valence-electron chi connectivity index (χ0n) is 13.9. The van der Waals surface area contributed by atoms with E-state index in [9.17, 15) is 0 Å². The van der Waals surface area contributed by atoms with Crippen LogP contribution in [0.3, 0.4) is 0 Å². The van der Waals surface area contributed by atoms with Gasteiger partial charge in [-0.2, -0.15) is 0 Å². The first-order chi connectivity index (χ1) is 10.6. The normalized spacial score (nSPS) is 18.6. The quantitative estimate of drug-likeness (QED) is 0.873. The number of nitrogens with two attached hydrogens (primary N) is 1. The lowest BCUT2D eigenvalue weighted by molar-refractivity contribution is 0.108. The average Bonchev–Trinajstić information content (AvgIpc) is 2.51. The Kier molecular flexibility index (Phi) is 6.50. The van der Waals surface area contributed by atoms with Crippen LogP contribution in [0.1, 0.15) is 31.4 Å². The van der Waals surface area contributed by atoms with Gasteiger partial charge >= 0.3 is 0 Å². The highest BCUT2D eigenvalue weighted by atomic mass is 35.5. The van der Waals surface area contributed by atoms with E-state index in [0.717, 1.165) is 29.4 Å². The predicted octanol–water partition coefficient (Wildman–Crippen LogP) is 2.76. The van der Waals surface area contributed by atoms with Crippen LogP contribution in [0.25, 0.3) is 0 Å². The second kappa shape index (κ2) is 8.16. The van der Waals surface area contributed by atoms with Crippen LogP contribution in [0.5, 0.6) is 5.75 Å². The highest BCUT2D eigenvalue weighted by Crippen LogP contribution is 2.33. The second-order valence-corrected chi connectivity index (χ2v) is 6.50. The Morgan fingerprint density at radius 3 is 2.68 bits per heavy atom. The van der Waals surface area contributed by atoms with E-state index in [4.69, 9.17) is 22.1 Å². The first-order valence-corrected chi connectivity index (χ1v) is 8.47. The van der Waals surface area contributed by atoms with E-state index in [0.29, 0.717) is 19.2 Å². The van der Waals surface area contributed by atoms with Gasteiger partial charge in [-0.05, 0) is 65.1 Å². The Balaban J connectivity index is 2.21. The number of ether oxygens (including phenoxy) is 1. The molecule has 2 N–H and O–H groups in total. The highest BCUT2D eigenvalue weighted by Gasteiger charge is 2.28. The van der Waals surface area contributed by atoms with Gasteiger partial charge in [-0.25, -0.2) is 0 Å². The molecule has 1 aromatic carbocycles. The summed E-state index contributed by atoms with van der Waals surface area (Å²) in [6.45, 7) is 5.48. The molecule has 1 unspecified atom stereocenters. The van der Waals surface area contributed by atoms with Crippen LogP contribution in [0, 0.1) is 0 Å². The first kappa shape index (κ1) is 17.5. The molecule has 1 aromatic rings. The summed E-state index contributed by atoms with van der Waals surface area (Å²) in [6, 6.07) is 6.51. The lowest BCUT2D eigenvalue weighted by Gasteiger charge is -2.39. The van der Waals surface area contributed by atoms with Gasteiger partial charge in [-0.1, -0.05) is 11.6 Å². The van der Waals surface area contributed by atoms with E-state index in [1.165, 1.54) is 12.8 Å². The van der Waals surface area contributed by atoms with Gasteiger partial charge in [0.1, 0.15) is 5.75 Å². The average molecular weight is 326 g/mol. The van der Waals surface area contributed by atoms with Gasteiger partial charge < -0.3 is 15.4 Å². The maximum atomic E-state index is 6.21. The van der Waals surface area contributed by atoms with Crippen molar-refractivity contribution in [3.63, 3.8) is 0 Å². The summed E-state index contributed by atoms with van der Waals surface area (Å²) >= 11 is 6.21. The standard InChI is InChI=1S/C17H28ClN3O/c1-4-22-17-6-5-13(18)11-15(17)16(12-19)21(3)14-7-9-20(2)10-8-14/h5-6,11,14,16H,4,7-10,12,19H2,1-3H3. The minimum absolute atomic E-state index is 0.133. The highest BCUT2D eigenvalue weighted by molar-refractivity contribution is 6.30. The zero-order chi connectivity index (χ0) is 16.1. The Morgan fingerprint density at radius 2 is 2.09 bits per heavy atom. The smallest absolute Gasteiger partial charge is 0.124 e. The van der Waals surface area contributed by atoms with Gasteiger partial charge in [-0.3, -0.25) is 4.90 Å². The van der Waals surface area contributed by atoms with Crippen molar-refractivity contribution in [1.82, 2.24) is 9.80 Å². The number of rotatable bonds is 6. The summed E-state index contributed by atoms with van der Waals surface area (Å²) in [5.41, 5.74) is 7.20. The fourth-order valence-electron chi connectivity index (χ4n) is 3.24. The number of hydrogen-bond donors (Lipinski definition) is 1. The molecule has 0 amide bonds. The summed E-state index contributed by atoms with van der Waals surface area (Å²) in [5, 5.41) is 0.730. The molecule has 5 heteroatoms. The monoisotopic (exact) mass is 325 g/mol. The van der Waals surface area contributed by atoms with Crippen molar-refractivity contribution in [1.29, 1.82) is 0 Å². The molecule has 22 heavy (non-hydrogen) atoms. The maximum absolute atomic E-state index is 6.21. The van der Waals surface area contributed by atoms with E-state index in [1.54, 1.807) is 0 Å². The fourth-order valence-corrected chi connectivity index (χ4v) is 3.42. The third-order valence-electron chi connectivity index (χ3n) is 4.61. The molecule has 1 fully saturated rings. The maximum Gasteiger partial charge on any atom is 0.124 e. The van der Waals surface area contributed by atoms with E-state index in [-0.39, 0.29) is 6.04 Å². The van der Waals surface area contributed by atoms with E-state index in [1.807, 2.05) is 25.1 Å². The molecule has 4 nitrogen and oxygen atoms in total. The Labute approximate surface area is 139 Å². The number of halogens is 1. The van der Waals surface area contributed by atoms with Crippen molar-refractivity contribution >= 4 is 11.6 Å². The Hall–Kier alpha value is -0.810. The van der Waals surface area contributed by atoms with Gasteiger partial charge in [0.25, 0.3) is 0 Å². The van der Waals surface area contributed by atoms with Gasteiger partial charge in [0.15, 0.2) is 0 Å². The zero-order valence-corrected chi connectivity index (χ0v) is 14.6. The number of benzene rings is 1. The van der Waals surface area contributed by atoms with Crippen LogP contribution in [0.15, 0.2) is 18.2 Å². The number of likely N-dealkylation sites (N-methyl/N-ethyl adjacent to an activating group) is 1. The van der Waals surface area contributed by atoms with Gasteiger partial charge in [0.05, 0.1) is 12.6 Å². The van der Waals surface area contributed by atoms with Crippen LogP contribution in [0.4, 0.5) is 0 Å². The molecule has 124 valence electrons. The summed E-state index contributed by atoms with van der Waals surface area (Å²) in [6.07, 6.45) is 2.35. The van der Waals surface area contributed by atoms with Crippen LogP contribution in [-0.2, 0) is 0 Å². The van der Waals surface area contributed by atoms with Crippen molar-refractivity contribution in [3.05, 3.63) is 28.8 Å². The number of likely N-dealkylation sites (tertiary alicyclic amines) is 1. The van der Waals surface area contributed by atoms with Crippen LogP contribution in [0.2, 0.25) is 5.02 Å². The minimum Gasteiger partial charge on any atom is -0.494 e. The SMILES string of the molecule is CCOc1ccc(Cl)cc1C(CN)N(C)C1CCN(C)CC1. The molecule has 1 aliphatic heterocycles. The van der Waals surface area contributed by atoms with Crippen molar-refractivity contribution in [2.24, 2.45) is 5.73 Å². The van der Waals surface area contributed by atoms with Crippen molar-refractivity contribution < 1.29 is 4.74 Å². The summed E-state index contributed by atoms with van der Waals surface area (Å²) < 4.78 is 5.78. The Morgan fingerprint density at radius 1 is 1.41 bits per heavy atom. The number of piperidine rings is 1. The van der Waals surface area contributed by atoms with Crippen LogP contribution in [-0.4, -0.2) is 56.2 Å². The van der Waals surface area contributed by atoms with Crippen LogP contribution >= 0.6 is 11.6 Å². The fraction of sp³-hybridized carbons (Fsp3) is 0.647. The molecule has 1 saturated heterocycles. The van der Waals surface area contributed by atoms with E-state index < -0.39 is 0 Å². The third-order valence-corrected chi connectivity index (χ3v) is 4.84.